The molecule has 0 aliphatic rings. The molecule has 0 aliphatic carbocycles. The molecule has 0 aromatic carbocycles. The molecule has 6 nitrogen and oxygen atoms in total. The van der Waals surface area contributed by atoms with Crippen LogP contribution in [0.5, 0.6) is 0 Å². The quantitative estimate of drug-likeness (QED) is 0.367. The van der Waals surface area contributed by atoms with E-state index < -0.39 is 23.5 Å². The monoisotopic (exact) mass is 330 g/mol. The first-order valence-electron chi connectivity index (χ1n) is 2.72. The first-order valence-corrected chi connectivity index (χ1v) is 2.72. The van der Waals surface area contributed by atoms with Crippen molar-refractivity contribution < 1.29 is 128 Å². The van der Waals surface area contributed by atoms with Crippen LogP contribution >= 0.6 is 0 Å². The second kappa shape index (κ2) is 14.3. The summed E-state index contributed by atoms with van der Waals surface area (Å²) in [5, 5.41) is 18.5. The predicted molar refractivity (Wildman–Crippen MR) is 31.4 cm³/mol. The topological polar surface area (TPSA) is 114 Å². The van der Waals surface area contributed by atoms with Gasteiger partial charge in [0.05, 0.1) is 0 Å². The third-order valence-corrected chi connectivity index (χ3v) is 0.575. The molecule has 0 bridgehead atoms. The fraction of sp³-hybridized carbons (Fsp3) is 0.333. The average Bonchev–Trinajstić information content (AvgIpc) is 1.88. The average molecular weight is 330 g/mol. The van der Waals surface area contributed by atoms with Gasteiger partial charge in [-0.05, 0) is 0 Å². The van der Waals surface area contributed by atoms with Gasteiger partial charge in [0.2, 0.25) is 0 Å². The van der Waals surface area contributed by atoms with E-state index >= 15 is 0 Å². The number of carbonyl (C=O) groups is 4. The Morgan fingerprint density at radius 3 is 0.857 bits per heavy atom. The van der Waals surface area contributed by atoms with Crippen molar-refractivity contribution in [3.8, 4) is 0 Å². The van der Waals surface area contributed by atoms with E-state index in [9.17, 15) is 29.4 Å². The summed E-state index contributed by atoms with van der Waals surface area (Å²) in [5.41, 5.74) is 0. The molecule has 0 aliphatic heterocycles. The van der Waals surface area contributed by atoms with Gasteiger partial charge in [-0.25, -0.2) is 0 Å². The Labute approximate surface area is 162 Å². The van der Waals surface area contributed by atoms with Crippen molar-refractivity contribution in [1.82, 2.24) is 0 Å². The number of hydrogen-bond donors (Lipinski definition) is 0. The van der Waals surface area contributed by atoms with Crippen LogP contribution in [0.3, 0.4) is 0 Å². The summed E-state index contributed by atoms with van der Waals surface area (Å²) in [5.74, 6) is -5.13. The Hall–Kier alpha value is 1.33. The minimum atomic E-state index is -1.63. The van der Waals surface area contributed by atoms with Gasteiger partial charge in [-0.1, -0.05) is 0 Å². The van der Waals surface area contributed by atoms with E-state index in [1.807, 2.05) is 0 Å². The maximum Gasteiger partial charge on any atom is 1.00 e. The number of hydrogen-bond acceptors (Lipinski definition) is 6. The third kappa shape index (κ3) is 23.3. The van der Waals surface area contributed by atoms with Crippen molar-refractivity contribution in [2.75, 3.05) is 0 Å². The van der Waals surface area contributed by atoms with Crippen LogP contribution in [0.15, 0.2) is 0 Å². The van der Waals surface area contributed by atoms with Gasteiger partial charge in [-0.3, -0.25) is 9.59 Å². The van der Waals surface area contributed by atoms with E-state index in [2.05, 4.69) is 0 Å². The molecule has 0 saturated carbocycles. The summed E-state index contributed by atoms with van der Waals surface area (Å²) in [4.78, 5) is 37.4. The number of ketones is 2. The van der Waals surface area contributed by atoms with Gasteiger partial charge in [-0.2, -0.15) is 0 Å². The zero-order valence-electron chi connectivity index (χ0n) is 8.45. The minimum Gasteiger partial charge on any atom is -0.542 e. The van der Waals surface area contributed by atoms with Crippen molar-refractivity contribution in [2.24, 2.45) is 0 Å². The zero-order chi connectivity index (χ0) is 10.3. The van der Waals surface area contributed by atoms with Gasteiger partial charge in [0, 0.05) is 13.8 Å². The van der Waals surface area contributed by atoms with E-state index in [4.69, 9.17) is 0 Å². The van der Waals surface area contributed by atoms with Crippen LogP contribution in [0, 0.1) is 0 Å². The molecular formula is C6H6CsNaO6. The molecule has 0 radical (unpaired) electrons. The van der Waals surface area contributed by atoms with Crippen LogP contribution in [0.2, 0.25) is 0 Å². The molecule has 0 saturated heterocycles. The smallest absolute Gasteiger partial charge is 0.542 e. The standard InChI is InChI=1S/2C3H4O3.Cs.Na/c2*1-2(4)3(5)6;;/h2*1H3,(H,5,6);;/q;;2*+1/p-2. The molecule has 0 heterocycles. The van der Waals surface area contributed by atoms with Gasteiger partial charge in [-0.15, -0.1) is 0 Å². The summed E-state index contributed by atoms with van der Waals surface area (Å²) >= 11 is 0. The SMILES string of the molecule is CC(=O)C(=O)[O-].CC(=O)C(=O)[O-].[Cs+].[Na+]. The Morgan fingerprint density at radius 2 is 0.857 bits per heavy atom. The molecule has 8 heteroatoms. The fourth-order valence-electron chi connectivity index (χ4n) is 0. The molecule has 0 N–H and O–H groups in total. The van der Waals surface area contributed by atoms with Crippen LogP contribution < -0.4 is 109 Å². The minimum absolute atomic E-state index is 0. The molecule has 0 unspecified atom stereocenters. The van der Waals surface area contributed by atoms with Crippen molar-refractivity contribution in [3.05, 3.63) is 0 Å². The number of aliphatic carboxylic acids is 2. The van der Waals surface area contributed by atoms with Crippen LogP contribution in [0.25, 0.3) is 0 Å². The maximum absolute atomic E-state index is 9.48. The maximum atomic E-state index is 9.48. The molecule has 0 amide bonds. The third-order valence-electron chi connectivity index (χ3n) is 0.575. The van der Waals surface area contributed by atoms with Gasteiger partial charge in [0.1, 0.15) is 11.9 Å². The predicted octanol–water partition coefficient (Wildman–Crippen LogP) is -9.34. The second-order valence-electron chi connectivity index (χ2n) is 1.69. The Bertz CT molecular complexity index is 178. The Kier molecular flexibility index (Phi) is 25.1. The van der Waals surface area contributed by atoms with E-state index in [0.717, 1.165) is 13.8 Å². The van der Waals surface area contributed by atoms with Gasteiger partial charge < -0.3 is 19.8 Å². The van der Waals surface area contributed by atoms with E-state index in [1.54, 1.807) is 0 Å². The molecule has 0 rings (SSSR count). The van der Waals surface area contributed by atoms with Crippen molar-refractivity contribution in [2.45, 2.75) is 13.8 Å². The summed E-state index contributed by atoms with van der Waals surface area (Å²) in [7, 11) is 0. The first kappa shape index (κ1) is 24.5. The largest absolute Gasteiger partial charge is 1.00 e. The Balaban J connectivity index is -0.0000000625. The molecule has 14 heavy (non-hydrogen) atoms. The van der Waals surface area contributed by atoms with Gasteiger partial charge in [0.25, 0.3) is 0 Å². The fourth-order valence-corrected chi connectivity index (χ4v) is 0. The van der Waals surface area contributed by atoms with Crippen LogP contribution in [0.1, 0.15) is 13.8 Å². The number of Topliss-reactive ketones (excluding diaryl/α,β-unsaturated/α-hetero) is 2. The molecule has 0 fully saturated rings. The van der Waals surface area contributed by atoms with E-state index in [0.29, 0.717) is 0 Å². The summed E-state index contributed by atoms with van der Waals surface area (Å²) in [6.07, 6.45) is 0. The van der Waals surface area contributed by atoms with Crippen LogP contribution in [-0.4, -0.2) is 23.5 Å². The zero-order valence-corrected chi connectivity index (χ0v) is 16.7. The van der Waals surface area contributed by atoms with E-state index in [-0.39, 0.29) is 98.5 Å². The van der Waals surface area contributed by atoms with Gasteiger partial charge in [0.15, 0.2) is 11.6 Å². The normalized spacial score (nSPS) is 6.43. The van der Waals surface area contributed by atoms with Gasteiger partial charge >= 0.3 is 98.5 Å². The molecule has 0 spiro atoms. The summed E-state index contributed by atoms with van der Waals surface area (Å²) in [6, 6.07) is 0. The summed E-state index contributed by atoms with van der Waals surface area (Å²) < 4.78 is 0. The number of rotatable bonds is 2. The number of carboxylic acids is 2. The van der Waals surface area contributed by atoms with Crippen molar-refractivity contribution >= 4 is 23.5 Å². The van der Waals surface area contributed by atoms with Crippen LogP contribution in [-0.2, 0) is 19.2 Å². The van der Waals surface area contributed by atoms with Crippen LogP contribution in [0.4, 0.5) is 0 Å². The van der Waals surface area contributed by atoms with E-state index in [1.165, 1.54) is 0 Å². The molecule has 68 valence electrons. The van der Waals surface area contributed by atoms with Crippen molar-refractivity contribution in [1.29, 1.82) is 0 Å². The first-order chi connectivity index (χ1) is 5.29. The number of carboxylic acid groups (broad SMARTS) is 2. The molecule has 0 aromatic heterocycles. The number of carbonyl (C=O) groups excluding carboxylic acids is 4. The Morgan fingerprint density at radius 1 is 0.786 bits per heavy atom. The van der Waals surface area contributed by atoms with Crippen molar-refractivity contribution in [3.63, 3.8) is 0 Å². The molecule has 0 atom stereocenters. The summed E-state index contributed by atoms with van der Waals surface area (Å²) in [6.45, 7) is 1.88. The molecular weight excluding hydrogens is 324 g/mol. The second-order valence-corrected chi connectivity index (χ2v) is 1.69. The molecule has 0 aromatic rings.